The molecule has 100 valence electrons. The number of sulfonamides is 1. The predicted molar refractivity (Wildman–Crippen MR) is 65.6 cm³/mol. The number of imidazole rings is 1. The van der Waals surface area contributed by atoms with Crippen molar-refractivity contribution < 1.29 is 13.2 Å². The minimum absolute atomic E-state index is 0.0205. The fraction of sp³-hybridized carbons (Fsp3) is 0.556. The topological polar surface area (TPSA) is 119 Å². The van der Waals surface area contributed by atoms with E-state index in [0.29, 0.717) is 5.95 Å². The Kier molecular flexibility index (Phi) is 3.53. The summed E-state index contributed by atoms with van der Waals surface area (Å²) in [5, 5.41) is 10.4. The van der Waals surface area contributed by atoms with Gasteiger partial charge in [0.05, 0.1) is 5.75 Å². The maximum atomic E-state index is 11.7. The zero-order valence-electron chi connectivity index (χ0n) is 9.72. The van der Waals surface area contributed by atoms with Crippen LogP contribution in [0.2, 0.25) is 0 Å². The Labute approximate surface area is 105 Å². The van der Waals surface area contributed by atoms with E-state index in [0.717, 1.165) is 19.5 Å². The summed E-state index contributed by atoms with van der Waals surface area (Å²) in [6.45, 7) is 1.64. The first-order valence-corrected chi connectivity index (χ1v) is 7.27. The third-order valence-corrected chi connectivity index (χ3v) is 3.31. The zero-order valence-corrected chi connectivity index (χ0v) is 10.5. The van der Waals surface area contributed by atoms with E-state index in [-0.39, 0.29) is 18.0 Å². The molecular formula is C9H15N5O3S. The van der Waals surface area contributed by atoms with Crippen molar-refractivity contribution in [2.24, 2.45) is 5.14 Å². The first kappa shape index (κ1) is 12.8. The fourth-order valence-electron chi connectivity index (χ4n) is 1.68. The molecule has 1 aliphatic heterocycles. The zero-order chi connectivity index (χ0) is 13.2. The Morgan fingerprint density at radius 2 is 2.39 bits per heavy atom. The van der Waals surface area contributed by atoms with Gasteiger partial charge in [0.1, 0.15) is 5.69 Å². The number of hydrogen-bond donors (Lipinski definition) is 3. The minimum atomic E-state index is -3.56. The van der Waals surface area contributed by atoms with E-state index in [1.165, 1.54) is 0 Å². The lowest BCUT2D eigenvalue weighted by Gasteiger charge is -2.14. The average molecular weight is 273 g/mol. The molecule has 4 N–H and O–H groups in total. The second-order valence-corrected chi connectivity index (χ2v) is 5.78. The molecule has 0 fully saturated rings. The molecular weight excluding hydrogens is 258 g/mol. The van der Waals surface area contributed by atoms with Crippen LogP contribution in [0, 0.1) is 0 Å². The summed E-state index contributed by atoms with van der Waals surface area (Å²) in [6.07, 6.45) is 2.63. The summed E-state index contributed by atoms with van der Waals surface area (Å²) in [6, 6.07) is 0. The molecule has 1 aromatic rings. The number of rotatable bonds is 4. The molecule has 18 heavy (non-hydrogen) atoms. The Bertz CT molecular complexity index is 527. The van der Waals surface area contributed by atoms with Crippen LogP contribution in [0.15, 0.2) is 6.20 Å². The number of hydrogen-bond acceptors (Lipinski definition) is 5. The van der Waals surface area contributed by atoms with Gasteiger partial charge in [-0.05, 0) is 6.42 Å². The van der Waals surface area contributed by atoms with Crippen LogP contribution in [0.4, 0.5) is 5.95 Å². The SMILES string of the molecule is NS(=O)(=O)CCNC(=O)c1cn2c(n1)NCCC2. The number of amides is 1. The number of nitrogens with zero attached hydrogens (tertiary/aromatic N) is 2. The number of fused-ring (bicyclic) bond motifs is 1. The van der Waals surface area contributed by atoms with Gasteiger partial charge in [0.2, 0.25) is 16.0 Å². The van der Waals surface area contributed by atoms with Crippen molar-refractivity contribution in [2.45, 2.75) is 13.0 Å². The molecule has 0 aromatic carbocycles. The van der Waals surface area contributed by atoms with Crippen molar-refractivity contribution in [1.82, 2.24) is 14.9 Å². The third-order valence-electron chi connectivity index (χ3n) is 2.54. The lowest BCUT2D eigenvalue weighted by Crippen LogP contribution is -2.31. The fourth-order valence-corrected chi connectivity index (χ4v) is 2.07. The van der Waals surface area contributed by atoms with Crippen LogP contribution in [-0.2, 0) is 16.6 Å². The van der Waals surface area contributed by atoms with Gasteiger partial charge >= 0.3 is 0 Å². The van der Waals surface area contributed by atoms with Crippen molar-refractivity contribution in [3.63, 3.8) is 0 Å². The van der Waals surface area contributed by atoms with Gasteiger partial charge in [0, 0.05) is 25.8 Å². The summed E-state index contributed by atoms with van der Waals surface area (Å²) in [5.41, 5.74) is 0.272. The minimum Gasteiger partial charge on any atom is -0.356 e. The number of nitrogens with one attached hydrogen (secondary N) is 2. The van der Waals surface area contributed by atoms with Gasteiger partial charge in [-0.15, -0.1) is 0 Å². The van der Waals surface area contributed by atoms with Gasteiger partial charge < -0.3 is 15.2 Å². The van der Waals surface area contributed by atoms with E-state index in [9.17, 15) is 13.2 Å². The smallest absolute Gasteiger partial charge is 0.271 e. The predicted octanol–water partition coefficient (Wildman–Crippen LogP) is -1.28. The van der Waals surface area contributed by atoms with E-state index in [2.05, 4.69) is 15.6 Å². The molecule has 8 nitrogen and oxygen atoms in total. The van der Waals surface area contributed by atoms with Crippen LogP contribution in [0.25, 0.3) is 0 Å². The standard InChI is InChI=1S/C9H15N5O3S/c10-18(16,17)5-3-11-8(15)7-6-14-4-1-2-12-9(14)13-7/h6H,1-5H2,(H,11,15)(H,12,13)(H2,10,16,17). The van der Waals surface area contributed by atoms with Gasteiger partial charge in [-0.1, -0.05) is 0 Å². The molecule has 0 saturated heterocycles. The summed E-state index contributed by atoms with van der Waals surface area (Å²) < 4.78 is 23.3. The van der Waals surface area contributed by atoms with Crippen molar-refractivity contribution in [3.8, 4) is 0 Å². The van der Waals surface area contributed by atoms with Crippen LogP contribution < -0.4 is 15.8 Å². The molecule has 0 saturated carbocycles. The Morgan fingerprint density at radius 3 is 3.06 bits per heavy atom. The number of aromatic nitrogens is 2. The van der Waals surface area contributed by atoms with E-state index in [4.69, 9.17) is 5.14 Å². The summed E-state index contributed by atoms with van der Waals surface area (Å²) in [7, 11) is -3.56. The maximum absolute atomic E-state index is 11.7. The van der Waals surface area contributed by atoms with Crippen LogP contribution in [0.3, 0.4) is 0 Å². The second kappa shape index (κ2) is 4.94. The molecule has 0 atom stereocenters. The van der Waals surface area contributed by atoms with Gasteiger partial charge in [-0.25, -0.2) is 18.5 Å². The van der Waals surface area contributed by atoms with Gasteiger partial charge in [-0.2, -0.15) is 0 Å². The largest absolute Gasteiger partial charge is 0.356 e. The number of anilines is 1. The molecule has 2 rings (SSSR count). The first-order chi connectivity index (χ1) is 8.46. The van der Waals surface area contributed by atoms with Crippen LogP contribution >= 0.6 is 0 Å². The molecule has 0 unspecified atom stereocenters. The van der Waals surface area contributed by atoms with Gasteiger partial charge in [-0.3, -0.25) is 4.79 Å². The Morgan fingerprint density at radius 1 is 1.61 bits per heavy atom. The first-order valence-electron chi connectivity index (χ1n) is 5.55. The molecule has 1 aliphatic rings. The number of carbonyl (C=O) groups excluding carboxylic acids is 1. The van der Waals surface area contributed by atoms with Crippen LogP contribution in [-0.4, -0.2) is 42.7 Å². The molecule has 0 bridgehead atoms. The second-order valence-electron chi connectivity index (χ2n) is 4.05. The summed E-state index contributed by atoms with van der Waals surface area (Å²) >= 11 is 0. The lowest BCUT2D eigenvalue weighted by atomic mass is 10.4. The molecule has 2 heterocycles. The molecule has 0 spiro atoms. The van der Waals surface area contributed by atoms with Crippen molar-refractivity contribution in [3.05, 3.63) is 11.9 Å². The highest BCUT2D eigenvalue weighted by Crippen LogP contribution is 2.13. The quantitative estimate of drug-likeness (QED) is 0.631. The number of aryl methyl sites for hydroxylation is 1. The average Bonchev–Trinajstić information content (AvgIpc) is 2.70. The van der Waals surface area contributed by atoms with Gasteiger partial charge in [0.25, 0.3) is 5.91 Å². The molecule has 1 amide bonds. The monoisotopic (exact) mass is 273 g/mol. The highest BCUT2D eigenvalue weighted by Gasteiger charge is 2.16. The lowest BCUT2D eigenvalue weighted by molar-refractivity contribution is 0.0951. The Balaban J connectivity index is 1.95. The van der Waals surface area contributed by atoms with Gasteiger partial charge in [0.15, 0.2) is 0 Å². The third kappa shape index (κ3) is 3.20. The van der Waals surface area contributed by atoms with Crippen molar-refractivity contribution in [2.75, 3.05) is 24.2 Å². The van der Waals surface area contributed by atoms with E-state index >= 15 is 0 Å². The van der Waals surface area contributed by atoms with Crippen LogP contribution in [0.1, 0.15) is 16.9 Å². The van der Waals surface area contributed by atoms with Crippen LogP contribution in [0.5, 0.6) is 0 Å². The Hall–Kier alpha value is -1.61. The summed E-state index contributed by atoms with van der Waals surface area (Å²) in [4.78, 5) is 15.8. The molecule has 9 heteroatoms. The number of carbonyl (C=O) groups is 1. The van der Waals surface area contributed by atoms with Crippen molar-refractivity contribution in [1.29, 1.82) is 0 Å². The molecule has 1 aromatic heterocycles. The highest BCUT2D eigenvalue weighted by molar-refractivity contribution is 7.89. The highest BCUT2D eigenvalue weighted by atomic mass is 32.2. The van der Waals surface area contributed by atoms with E-state index in [1.54, 1.807) is 6.20 Å². The van der Waals surface area contributed by atoms with E-state index in [1.807, 2.05) is 4.57 Å². The molecule has 0 aliphatic carbocycles. The number of nitrogens with two attached hydrogens (primary N) is 1. The van der Waals surface area contributed by atoms with E-state index < -0.39 is 15.9 Å². The maximum Gasteiger partial charge on any atom is 0.271 e. The molecule has 0 radical (unpaired) electrons. The van der Waals surface area contributed by atoms with Crippen molar-refractivity contribution >= 4 is 21.9 Å². The normalized spacial score (nSPS) is 14.7. The number of primary sulfonamides is 1. The summed E-state index contributed by atoms with van der Waals surface area (Å²) in [5.74, 6) is -0.0231.